The van der Waals surface area contributed by atoms with Crippen molar-refractivity contribution in [1.82, 2.24) is 10.1 Å². The lowest BCUT2D eigenvalue weighted by atomic mass is 10.0. The van der Waals surface area contributed by atoms with Gasteiger partial charge in [-0.25, -0.2) is 0 Å². The van der Waals surface area contributed by atoms with Crippen LogP contribution in [0.15, 0.2) is 28.8 Å². The second-order valence-corrected chi connectivity index (χ2v) is 6.15. The van der Waals surface area contributed by atoms with Crippen molar-refractivity contribution in [3.63, 3.8) is 0 Å². The van der Waals surface area contributed by atoms with Crippen molar-refractivity contribution in [3.05, 3.63) is 47.1 Å². The van der Waals surface area contributed by atoms with E-state index < -0.39 is 0 Å². The third kappa shape index (κ3) is 3.04. The van der Waals surface area contributed by atoms with Crippen LogP contribution in [-0.4, -0.2) is 15.9 Å². The van der Waals surface area contributed by atoms with E-state index >= 15 is 0 Å². The van der Waals surface area contributed by atoms with Crippen LogP contribution in [0.4, 0.5) is 0 Å². The average Bonchev–Trinajstić information content (AvgIpc) is 3.03. The second-order valence-electron chi connectivity index (χ2n) is 6.15. The van der Waals surface area contributed by atoms with Crippen LogP contribution in [0.1, 0.15) is 55.4 Å². The Balaban J connectivity index is 1.73. The highest BCUT2D eigenvalue weighted by Crippen LogP contribution is 2.36. The van der Waals surface area contributed by atoms with Crippen LogP contribution >= 0.6 is 0 Å². The number of rotatable bonds is 5. The monoisotopic (exact) mass is 284 g/mol. The first kappa shape index (κ1) is 14.0. The van der Waals surface area contributed by atoms with Crippen LogP contribution in [0.25, 0.3) is 0 Å². The van der Waals surface area contributed by atoms with E-state index in [1.807, 2.05) is 19.9 Å². The molecule has 0 radical (unpaired) electrons. The van der Waals surface area contributed by atoms with Crippen molar-refractivity contribution in [1.29, 1.82) is 0 Å². The number of ketones is 1. The van der Waals surface area contributed by atoms with E-state index in [0.717, 1.165) is 12.8 Å². The summed E-state index contributed by atoms with van der Waals surface area (Å²) in [6.07, 6.45) is 2.87. The number of fused-ring (bicyclic) bond motifs is 1. The first-order chi connectivity index (χ1) is 10.1. The molecule has 1 aliphatic rings. The Labute approximate surface area is 124 Å². The lowest BCUT2D eigenvalue weighted by molar-refractivity contribution is -0.119. The van der Waals surface area contributed by atoms with Crippen molar-refractivity contribution in [3.8, 4) is 0 Å². The fourth-order valence-electron chi connectivity index (χ4n) is 3.00. The zero-order valence-corrected chi connectivity index (χ0v) is 12.5. The van der Waals surface area contributed by atoms with Gasteiger partial charge in [0.05, 0.1) is 6.42 Å². The number of aryl methyl sites for hydroxylation is 1. The fourth-order valence-corrected chi connectivity index (χ4v) is 3.00. The molecule has 1 aromatic carbocycles. The summed E-state index contributed by atoms with van der Waals surface area (Å²) in [7, 11) is 0. The number of carbonyl (C=O) groups excluding carboxylic acids is 1. The molecule has 0 aliphatic heterocycles. The quantitative estimate of drug-likeness (QED) is 0.845. The molecule has 0 fully saturated rings. The zero-order chi connectivity index (χ0) is 14.8. The van der Waals surface area contributed by atoms with Gasteiger partial charge in [-0.2, -0.15) is 4.98 Å². The molecule has 1 unspecified atom stereocenters. The number of nitrogens with zero attached hydrogens (tertiary/aromatic N) is 2. The summed E-state index contributed by atoms with van der Waals surface area (Å²) in [6, 6.07) is 8.40. The molecule has 0 bridgehead atoms. The Morgan fingerprint density at radius 1 is 1.38 bits per heavy atom. The first-order valence-corrected chi connectivity index (χ1v) is 7.55. The van der Waals surface area contributed by atoms with E-state index in [-0.39, 0.29) is 18.1 Å². The Hall–Kier alpha value is -1.97. The summed E-state index contributed by atoms with van der Waals surface area (Å²) in [5.74, 6) is 1.89. The highest BCUT2D eigenvalue weighted by Gasteiger charge is 2.27. The summed E-state index contributed by atoms with van der Waals surface area (Å²) >= 11 is 0. The molecule has 1 aromatic heterocycles. The highest BCUT2D eigenvalue weighted by molar-refractivity contribution is 5.80. The predicted molar refractivity (Wildman–Crippen MR) is 79.1 cm³/mol. The van der Waals surface area contributed by atoms with Gasteiger partial charge in [0.25, 0.3) is 0 Å². The van der Waals surface area contributed by atoms with Gasteiger partial charge in [-0.1, -0.05) is 43.3 Å². The standard InChI is InChI=1S/C17H20N2O2/c1-11(2)9-13(20)10-16-18-17(19-21-16)15-8-7-12-5-3-4-6-14(12)15/h3-6,11,15H,7-10H2,1-2H3. The molecule has 21 heavy (non-hydrogen) atoms. The predicted octanol–water partition coefficient (Wildman–Crippen LogP) is 3.31. The normalized spacial score (nSPS) is 17.2. The van der Waals surface area contributed by atoms with Gasteiger partial charge in [0.2, 0.25) is 5.89 Å². The van der Waals surface area contributed by atoms with Gasteiger partial charge in [0, 0.05) is 12.3 Å². The van der Waals surface area contributed by atoms with E-state index in [0.29, 0.717) is 24.1 Å². The summed E-state index contributed by atoms with van der Waals surface area (Å²) in [4.78, 5) is 16.3. The SMILES string of the molecule is CC(C)CC(=O)Cc1nc(C2CCc3ccccc32)no1. The van der Waals surface area contributed by atoms with E-state index in [4.69, 9.17) is 4.52 Å². The van der Waals surface area contributed by atoms with Gasteiger partial charge in [0.15, 0.2) is 5.82 Å². The number of hydrogen-bond donors (Lipinski definition) is 0. The van der Waals surface area contributed by atoms with Crippen LogP contribution < -0.4 is 0 Å². The maximum absolute atomic E-state index is 11.8. The zero-order valence-electron chi connectivity index (χ0n) is 12.5. The lowest BCUT2D eigenvalue weighted by Gasteiger charge is -2.05. The number of benzene rings is 1. The summed E-state index contributed by atoms with van der Waals surface area (Å²) in [6.45, 7) is 4.07. The van der Waals surface area contributed by atoms with Crippen molar-refractivity contribution >= 4 is 5.78 Å². The van der Waals surface area contributed by atoms with E-state index in [9.17, 15) is 4.79 Å². The molecule has 4 nitrogen and oxygen atoms in total. The first-order valence-electron chi connectivity index (χ1n) is 7.55. The van der Waals surface area contributed by atoms with Gasteiger partial charge in [0.1, 0.15) is 5.78 Å². The van der Waals surface area contributed by atoms with Crippen LogP contribution in [0.2, 0.25) is 0 Å². The summed E-state index contributed by atoms with van der Waals surface area (Å²) < 4.78 is 5.26. The molecule has 0 saturated heterocycles. The molecular weight excluding hydrogens is 264 g/mol. The van der Waals surface area contributed by atoms with Crippen molar-refractivity contribution in [2.75, 3.05) is 0 Å². The minimum atomic E-state index is 0.159. The molecule has 2 aromatic rings. The third-order valence-corrected chi connectivity index (χ3v) is 3.91. The van der Waals surface area contributed by atoms with Gasteiger partial charge in [-0.05, 0) is 29.9 Å². The van der Waals surface area contributed by atoms with Crippen LogP contribution in [0, 0.1) is 5.92 Å². The Morgan fingerprint density at radius 3 is 3.00 bits per heavy atom. The Morgan fingerprint density at radius 2 is 2.19 bits per heavy atom. The highest BCUT2D eigenvalue weighted by atomic mass is 16.5. The fraction of sp³-hybridized carbons (Fsp3) is 0.471. The molecule has 110 valence electrons. The maximum Gasteiger partial charge on any atom is 0.234 e. The molecule has 1 aliphatic carbocycles. The van der Waals surface area contributed by atoms with E-state index in [2.05, 4.69) is 28.3 Å². The number of hydrogen-bond acceptors (Lipinski definition) is 4. The van der Waals surface area contributed by atoms with Crippen LogP contribution in [0.5, 0.6) is 0 Å². The van der Waals surface area contributed by atoms with Crippen LogP contribution in [-0.2, 0) is 17.6 Å². The Bertz CT molecular complexity index is 646. The summed E-state index contributed by atoms with van der Waals surface area (Å²) in [5.41, 5.74) is 2.66. The minimum Gasteiger partial charge on any atom is -0.339 e. The van der Waals surface area contributed by atoms with E-state index in [1.54, 1.807) is 0 Å². The molecule has 4 heteroatoms. The third-order valence-electron chi connectivity index (χ3n) is 3.91. The molecule has 0 amide bonds. The Kier molecular flexibility index (Phi) is 3.86. The topological polar surface area (TPSA) is 56.0 Å². The lowest BCUT2D eigenvalue weighted by Crippen LogP contribution is -2.07. The van der Waals surface area contributed by atoms with E-state index in [1.165, 1.54) is 11.1 Å². The van der Waals surface area contributed by atoms with Gasteiger partial charge in [-0.3, -0.25) is 4.79 Å². The van der Waals surface area contributed by atoms with Gasteiger partial charge < -0.3 is 4.52 Å². The van der Waals surface area contributed by atoms with Gasteiger partial charge >= 0.3 is 0 Å². The second kappa shape index (κ2) is 5.80. The molecule has 1 atom stereocenters. The van der Waals surface area contributed by atoms with Crippen molar-refractivity contribution in [2.24, 2.45) is 5.92 Å². The molecule has 0 spiro atoms. The number of carbonyl (C=O) groups is 1. The largest absolute Gasteiger partial charge is 0.339 e. The van der Waals surface area contributed by atoms with Gasteiger partial charge in [-0.15, -0.1) is 0 Å². The minimum absolute atomic E-state index is 0.159. The number of aromatic nitrogens is 2. The maximum atomic E-state index is 11.8. The average molecular weight is 284 g/mol. The molecule has 0 saturated carbocycles. The summed E-state index contributed by atoms with van der Waals surface area (Å²) in [5, 5.41) is 4.09. The number of Topliss-reactive ketones (excluding diaryl/α,β-unsaturated/α-hetero) is 1. The van der Waals surface area contributed by atoms with Crippen LogP contribution in [0.3, 0.4) is 0 Å². The molecule has 0 N–H and O–H groups in total. The van der Waals surface area contributed by atoms with Crippen molar-refractivity contribution < 1.29 is 9.32 Å². The smallest absolute Gasteiger partial charge is 0.234 e. The molecular formula is C17H20N2O2. The molecule has 3 rings (SSSR count). The molecule has 1 heterocycles. The van der Waals surface area contributed by atoms with Crippen molar-refractivity contribution in [2.45, 2.75) is 45.4 Å².